The summed E-state index contributed by atoms with van der Waals surface area (Å²) in [5.74, 6) is 0. The second-order valence-corrected chi connectivity index (χ2v) is 6.63. The molecular weight excluding hydrogens is 304 g/mol. The summed E-state index contributed by atoms with van der Waals surface area (Å²) in [6.45, 7) is 6.53. The number of aromatic nitrogens is 2. The Morgan fingerprint density at radius 2 is 1.79 bits per heavy atom. The van der Waals surface area contributed by atoms with Gasteiger partial charge < -0.3 is 5.11 Å². The first-order valence-corrected chi connectivity index (χ1v) is 7.06. The molecule has 1 unspecified atom stereocenters. The predicted octanol–water partition coefficient (Wildman–Crippen LogP) is 3.56. The van der Waals surface area contributed by atoms with Crippen molar-refractivity contribution in [2.75, 3.05) is 0 Å². The second-order valence-electron chi connectivity index (χ2n) is 5.78. The first-order chi connectivity index (χ1) is 8.80. The minimum atomic E-state index is -0.670. The molecule has 1 aromatic heterocycles. The van der Waals surface area contributed by atoms with E-state index in [1.807, 2.05) is 19.2 Å². The van der Waals surface area contributed by atoms with Gasteiger partial charge in [-0.25, -0.2) is 0 Å². The molecule has 1 N–H and O–H groups in total. The molecule has 0 amide bonds. The van der Waals surface area contributed by atoms with Gasteiger partial charge in [0.1, 0.15) is 6.10 Å². The molecule has 2 rings (SSSR count). The number of benzene rings is 1. The van der Waals surface area contributed by atoms with Crippen LogP contribution in [0.1, 0.15) is 43.7 Å². The maximum Gasteiger partial charge on any atom is 0.122 e. The molecule has 1 heterocycles. The third-order valence-electron chi connectivity index (χ3n) is 3.29. The lowest BCUT2D eigenvalue weighted by molar-refractivity contribution is 0.209. The van der Waals surface area contributed by atoms with Crippen LogP contribution in [0.2, 0.25) is 0 Å². The van der Waals surface area contributed by atoms with Crippen LogP contribution in [0.25, 0.3) is 0 Å². The van der Waals surface area contributed by atoms with E-state index in [2.05, 4.69) is 53.9 Å². The molecule has 0 bridgehead atoms. The third kappa shape index (κ3) is 2.90. The predicted molar refractivity (Wildman–Crippen MR) is 80.1 cm³/mol. The Hall–Kier alpha value is -1.13. The van der Waals surface area contributed by atoms with Gasteiger partial charge in [-0.1, -0.05) is 45.0 Å². The highest BCUT2D eigenvalue weighted by Gasteiger charge is 2.19. The summed E-state index contributed by atoms with van der Waals surface area (Å²) >= 11 is 3.42. The molecule has 3 nitrogen and oxygen atoms in total. The van der Waals surface area contributed by atoms with E-state index >= 15 is 0 Å². The van der Waals surface area contributed by atoms with Crippen LogP contribution in [0.15, 0.2) is 34.9 Å². The molecule has 0 saturated heterocycles. The molecule has 0 aliphatic heterocycles. The Bertz CT molecular complexity index is 547. The van der Waals surface area contributed by atoms with Gasteiger partial charge in [-0.3, -0.25) is 4.68 Å². The number of hydrogen-bond donors (Lipinski definition) is 1. The molecule has 0 saturated carbocycles. The van der Waals surface area contributed by atoms with Gasteiger partial charge in [-0.2, -0.15) is 5.10 Å². The molecule has 102 valence electrons. The number of hydrogen-bond acceptors (Lipinski definition) is 2. The van der Waals surface area contributed by atoms with Gasteiger partial charge in [-0.05, 0) is 32.5 Å². The molecule has 4 heteroatoms. The van der Waals surface area contributed by atoms with Crippen molar-refractivity contribution < 1.29 is 5.11 Å². The highest BCUT2D eigenvalue weighted by Crippen LogP contribution is 2.29. The summed E-state index contributed by atoms with van der Waals surface area (Å²) in [7, 11) is 1.83. The van der Waals surface area contributed by atoms with Crippen LogP contribution >= 0.6 is 15.9 Å². The first-order valence-electron chi connectivity index (χ1n) is 6.26. The lowest BCUT2D eigenvalue weighted by atomic mass is 9.86. The van der Waals surface area contributed by atoms with Crippen molar-refractivity contribution >= 4 is 15.9 Å². The van der Waals surface area contributed by atoms with E-state index in [-0.39, 0.29) is 5.41 Å². The SMILES string of the molecule is Cn1ncc(Br)c1C(O)c1ccc(C(C)(C)C)cc1. The number of halogens is 1. The minimum Gasteiger partial charge on any atom is -0.382 e. The van der Waals surface area contributed by atoms with Gasteiger partial charge >= 0.3 is 0 Å². The summed E-state index contributed by atoms with van der Waals surface area (Å²) in [6, 6.07) is 8.10. The average Bonchev–Trinajstić information content (AvgIpc) is 2.67. The van der Waals surface area contributed by atoms with Crippen LogP contribution in [0.4, 0.5) is 0 Å². The Kier molecular flexibility index (Phi) is 3.83. The summed E-state index contributed by atoms with van der Waals surface area (Å²) in [6.07, 6.45) is 1.03. The van der Waals surface area contributed by atoms with Gasteiger partial charge in [0.15, 0.2) is 0 Å². The Balaban J connectivity index is 2.33. The fraction of sp³-hybridized carbons (Fsp3) is 0.400. The quantitative estimate of drug-likeness (QED) is 0.918. The summed E-state index contributed by atoms with van der Waals surface area (Å²) in [5, 5.41) is 14.6. The fourth-order valence-corrected chi connectivity index (χ4v) is 2.62. The molecule has 0 fully saturated rings. The van der Waals surface area contributed by atoms with Gasteiger partial charge in [0.2, 0.25) is 0 Å². The van der Waals surface area contributed by atoms with Crippen molar-refractivity contribution in [3.05, 3.63) is 51.8 Å². The van der Waals surface area contributed by atoms with Crippen LogP contribution < -0.4 is 0 Å². The average molecular weight is 323 g/mol. The van der Waals surface area contributed by atoms with Crippen molar-refractivity contribution in [3.63, 3.8) is 0 Å². The van der Waals surface area contributed by atoms with Crippen LogP contribution in [0.5, 0.6) is 0 Å². The van der Waals surface area contributed by atoms with Crippen molar-refractivity contribution in [3.8, 4) is 0 Å². The Morgan fingerprint density at radius 3 is 2.21 bits per heavy atom. The molecule has 19 heavy (non-hydrogen) atoms. The standard InChI is InChI=1S/C15H19BrN2O/c1-15(2,3)11-7-5-10(6-8-11)14(19)13-12(16)9-17-18(13)4/h5-9,14,19H,1-4H3. The van der Waals surface area contributed by atoms with Crippen molar-refractivity contribution in [1.82, 2.24) is 9.78 Å². The van der Waals surface area contributed by atoms with Gasteiger partial charge in [0.25, 0.3) is 0 Å². The smallest absolute Gasteiger partial charge is 0.122 e. The number of aliphatic hydroxyl groups is 1. The highest BCUT2D eigenvalue weighted by molar-refractivity contribution is 9.10. The molecule has 1 aromatic carbocycles. The Labute approximate surface area is 122 Å². The van der Waals surface area contributed by atoms with Gasteiger partial charge in [0, 0.05) is 7.05 Å². The van der Waals surface area contributed by atoms with E-state index in [0.717, 1.165) is 15.7 Å². The lowest BCUT2D eigenvalue weighted by Gasteiger charge is -2.20. The number of aliphatic hydroxyl groups excluding tert-OH is 1. The zero-order chi connectivity index (χ0) is 14.2. The third-order valence-corrected chi connectivity index (χ3v) is 3.90. The van der Waals surface area contributed by atoms with Crippen LogP contribution in [-0.4, -0.2) is 14.9 Å². The van der Waals surface area contributed by atoms with E-state index in [4.69, 9.17) is 0 Å². The number of aryl methyl sites for hydroxylation is 1. The number of nitrogens with zero attached hydrogens (tertiary/aromatic N) is 2. The fourth-order valence-electron chi connectivity index (χ4n) is 2.05. The normalized spacial score (nSPS) is 13.6. The molecule has 2 aromatic rings. The summed E-state index contributed by atoms with van der Waals surface area (Å²) in [4.78, 5) is 0. The highest BCUT2D eigenvalue weighted by atomic mass is 79.9. The van der Waals surface area contributed by atoms with E-state index in [0.29, 0.717) is 0 Å². The van der Waals surface area contributed by atoms with E-state index in [1.54, 1.807) is 10.9 Å². The van der Waals surface area contributed by atoms with Crippen molar-refractivity contribution in [2.45, 2.75) is 32.3 Å². The van der Waals surface area contributed by atoms with Crippen molar-refractivity contribution in [2.24, 2.45) is 7.05 Å². The molecule has 0 spiro atoms. The maximum absolute atomic E-state index is 10.4. The molecular formula is C15H19BrN2O. The number of rotatable bonds is 2. The zero-order valence-corrected chi connectivity index (χ0v) is 13.3. The minimum absolute atomic E-state index is 0.122. The van der Waals surface area contributed by atoms with Crippen molar-refractivity contribution in [1.29, 1.82) is 0 Å². The Morgan fingerprint density at radius 1 is 1.21 bits per heavy atom. The maximum atomic E-state index is 10.4. The van der Waals surface area contributed by atoms with E-state index in [9.17, 15) is 5.11 Å². The molecule has 1 atom stereocenters. The van der Waals surface area contributed by atoms with E-state index < -0.39 is 6.10 Å². The monoisotopic (exact) mass is 322 g/mol. The first kappa shape index (κ1) is 14.3. The van der Waals surface area contributed by atoms with Gasteiger partial charge in [-0.15, -0.1) is 0 Å². The molecule has 0 aliphatic carbocycles. The summed E-state index contributed by atoms with van der Waals surface area (Å²) < 4.78 is 2.51. The topological polar surface area (TPSA) is 38.0 Å². The largest absolute Gasteiger partial charge is 0.382 e. The lowest BCUT2D eigenvalue weighted by Crippen LogP contribution is -2.12. The van der Waals surface area contributed by atoms with E-state index in [1.165, 1.54) is 5.56 Å². The molecule has 0 aliphatic rings. The van der Waals surface area contributed by atoms with Crippen LogP contribution in [0.3, 0.4) is 0 Å². The summed E-state index contributed by atoms with van der Waals surface area (Å²) in [5.41, 5.74) is 3.02. The second kappa shape index (κ2) is 5.10. The van der Waals surface area contributed by atoms with Crippen LogP contribution in [-0.2, 0) is 12.5 Å². The van der Waals surface area contributed by atoms with Crippen LogP contribution in [0, 0.1) is 0 Å². The van der Waals surface area contributed by atoms with Gasteiger partial charge in [0.05, 0.1) is 16.4 Å². The zero-order valence-electron chi connectivity index (χ0n) is 11.7. The molecule has 0 radical (unpaired) electrons.